The third-order valence-corrected chi connectivity index (χ3v) is 2.97. The van der Waals surface area contributed by atoms with Crippen molar-refractivity contribution in [3.05, 3.63) is 21.7 Å². The molecule has 0 unspecified atom stereocenters. The van der Waals surface area contributed by atoms with E-state index < -0.39 is 36.9 Å². The molecule has 1 saturated heterocycles. The summed E-state index contributed by atoms with van der Waals surface area (Å²) in [7, 11) is 0. The highest BCUT2D eigenvalue weighted by Gasteiger charge is 2.45. The van der Waals surface area contributed by atoms with Crippen molar-refractivity contribution >= 4 is 17.4 Å². The number of hydrogen-bond acceptors (Lipinski definition) is 6. The van der Waals surface area contributed by atoms with Crippen LogP contribution in [0.1, 0.15) is 6.23 Å². The Labute approximate surface area is 106 Å². The lowest BCUT2D eigenvalue weighted by Gasteiger charge is -2.16. The number of halogens is 2. The quantitative estimate of drug-likeness (QED) is 0.645. The van der Waals surface area contributed by atoms with Gasteiger partial charge in [0, 0.05) is 6.20 Å². The number of ether oxygens (including phenoxy) is 1. The molecule has 2 rings (SSSR count). The van der Waals surface area contributed by atoms with Crippen LogP contribution in [0.3, 0.4) is 0 Å². The zero-order chi connectivity index (χ0) is 13.4. The van der Waals surface area contributed by atoms with Crippen LogP contribution in [-0.4, -0.2) is 44.8 Å². The largest absolute Gasteiger partial charge is 0.394 e. The minimum absolute atomic E-state index is 0.0349. The third-order valence-electron chi connectivity index (χ3n) is 2.68. The van der Waals surface area contributed by atoms with E-state index in [4.69, 9.17) is 27.2 Å². The highest BCUT2D eigenvalue weighted by atomic mass is 35.5. The molecular weight excluding hydrogens is 269 g/mol. The first-order chi connectivity index (χ1) is 8.45. The summed E-state index contributed by atoms with van der Waals surface area (Å²) < 4.78 is 19.6. The lowest BCUT2D eigenvalue weighted by atomic mass is 10.1. The van der Waals surface area contributed by atoms with Crippen molar-refractivity contribution in [2.75, 3.05) is 12.3 Å². The van der Waals surface area contributed by atoms with Crippen LogP contribution < -0.4 is 11.4 Å². The molecule has 1 aliphatic rings. The number of anilines is 1. The number of aliphatic hydroxyl groups excluding tert-OH is 2. The average molecular weight is 280 g/mol. The molecule has 4 N–H and O–H groups in total. The monoisotopic (exact) mass is 279 g/mol. The van der Waals surface area contributed by atoms with Crippen LogP contribution in [0, 0.1) is 0 Å². The molecule has 1 fully saturated rings. The molecule has 18 heavy (non-hydrogen) atoms. The molecule has 0 saturated carbocycles. The molecule has 0 aliphatic carbocycles. The van der Waals surface area contributed by atoms with Gasteiger partial charge in [-0.05, 0) is 0 Å². The highest BCUT2D eigenvalue weighted by molar-refractivity contribution is 6.32. The van der Waals surface area contributed by atoms with Crippen LogP contribution >= 0.6 is 11.6 Å². The second-order valence-electron chi connectivity index (χ2n) is 3.85. The van der Waals surface area contributed by atoms with Gasteiger partial charge in [-0.15, -0.1) is 0 Å². The minimum Gasteiger partial charge on any atom is -0.394 e. The predicted molar refractivity (Wildman–Crippen MR) is 59.8 cm³/mol. The Hall–Kier alpha value is -1.22. The van der Waals surface area contributed by atoms with Gasteiger partial charge in [0.05, 0.1) is 11.6 Å². The molecule has 0 bridgehead atoms. The first-order valence-electron chi connectivity index (χ1n) is 5.08. The van der Waals surface area contributed by atoms with E-state index in [0.29, 0.717) is 0 Å². The maximum absolute atomic E-state index is 13.8. The number of rotatable bonds is 2. The lowest BCUT2D eigenvalue weighted by Crippen LogP contribution is -2.33. The summed E-state index contributed by atoms with van der Waals surface area (Å²) in [5, 5.41) is 18.3. The summed E-state index contributed by atoms with van der Waals surface area (Å²) in [6.45, 7) is -0.566. The summed E-state index contributed by atoms with van der Waals surface area (Å²) in [6, 6.07) is 0. The highest BCUT2D eigenvalue weighted by Crippen LogP contribution is 2.31. The van der Waals surface area contributed by atoms with Crippen LogP contribution in [0.2, 0.25) is 5.02 Å². The Morgan fingerprint density at radius 1 is 1.67 bits per heavy atom. The number of nitrogens with two attached hydrogens (primary N) is 1. The number of alkyl halides is 1. The first kappa shape index (κ1) is 13.2. The van der Waals surface area contributed by atoms with Crippen LogP contribution in [0.15, 0.2) is 11.0 Å². The number of hydrogen-bond donors (Lipinski definition) is 3. The lowest BCUT2D eigenvalue weighted by molar-refractivity contribution is -0.0490. The molecule has 0 amide bonds. The summed E-state index contributed by atoms with van der Waals surface area (Å²) in [4.78, 5) is 14.9. The van der Waals surface area contributed by atoms with Crippen molar-refractivity contribution in [2.45, 2.75) is 24.6 Å². The standard InChI is InChI=1S/C9H11ClFN3O4/c10-3-1-14(9(17)13-7(3)12)8-5(11)6(16)4(2-15)18-8/h1,4-6,8,15-16H,2H2,(H2,12,13,17)/t4-,5+,6-,8-/m0/s1. The molecule has 0 spiro atoms. The van der Waals surface area contributed by atoms with E-state index in [9.17, 15) is 14.3 Å². The average Bonchev–Trinajstić information content (AvgIpc) is 2.61. The number of aromatic nitrogens is 2. The molecule has 100 valence electrons. The molecule has 0 radical (unpaired) electrons. The van der Waals surface area contributed by atoms with Gasteiger partial charge in [0.25, 0.3) is 0 Å². The molecule has 1 aromatic rings. The van der Waals surface area contributed by atoms with E-state index in [1.165, 1.54) is 0 Å². The molecular formula is C9H11ClFN3O4. The Morgan fingerprint density at radius 2 is 2.33 bits per heavy atom. The Balaban J connectivity index is 2.39. The smallest absolute Gasteiger partial charge is 0.351 e. The van der Waals surface area contributed by atoms with Crippen molar-refractivity contribution < 1.29 is 19.3 Å². The van der Waals surface area contributed by atoms with Gasteiger partial charge >= 0.3 is 5.69 Å². The zero-order valence-electron chi connectivity index (χ0n) is 9.03. The van der Waals surface area contributed by atoms with Crippen molar-refractivity contribution in [3.8, 4) is 0 Å². The second kappa shape index (κ2) is 4.81. The predicted octanol–water partition coefficient (Wildman–Crippen LogP) is -0.932. The minimum atomic E-state index is -1.87. The molecule has 7 nitrogen and oxygen atoms in total. The van der Waals surface area contributed by atoms with Crippen LogP contribution in [0.4, 0.5) is 10.2 Å². The van der Waals surface area contributed by atoms with Crippen LogP contribution in [-0.2, 0) is 4.74 Å². The Kier molecular flexibility index (Phi) is 3.53. The molecule has 1 aliphatic heterocycles. The fourth-order valence-electron chi connectivity index (χ4n) is 1.72. The summed E-state index contributed by atoms with van der Waals surface area (Å²) in [5.74, 6) is -0.175. The zero-order valence-corrected chi connectivity index (χ0v) is 9.79. The Bertz CT molecular complexity index is 511. The third kappa shape index (κ3) is 2.07. The topological polar surface area (TPSA) is 111 Å². The van der Waals surface area contributed by atoms with Gasteiger partial charge < -0.3 is 20.7 Å². The summed E-state index contributed by atoms with van der Waals surface area (Å²) in [5.41, 5.74) is 4.47. The molecule has 4 atom stereocenters. The Morgan fingerprint density at radius 3 is 2.89 bits per heavy atom. The van der Waals surface area contributed by atoms with Gasteiger partial charge in [-0.2, -0.15) is 4.98 Å². The normalized spacial score (nSPS) is 31.8. The van der Waals surface area contributed by atoms with Crippen molar-refractivity contribution in [3.63, 3.8) is 0 Å². The van der Waals surface area contributed by atoms with Gasteiger partial charge in [0.2, 0.25) is 0 Å². The van der Waals surface area contributed by atoms with E-state index in [1.54, 1.807) is 0 Å². The van der Waals surface area contributed by atoms with E-state index in [2.05, 4.69) is 4.98 Å². The second-order valence-corrected chi connectivity index (χ2v) is 4.25. The van der Waals surface area contributed by atoms with Gasteiger partial charge in [0.15, 0.2) is 12.4 Å². The summed E-state index contributed by atoms with van der Waals surface area (Å²) >= 11 is 5.68. The van der Waals surface area contributed by atoms with E-state index in [-0.39, 0.29) is 10.8 Å². The van der Waals surface area contributed by atoms with E-state index >= 15 is 0 Å². The van der Waals surface area contributed by atoms with Crippen molar-refractivity contribution in [1.82, 2.24) is 9.55 Å². The van der Waals surface area contributed by atoms with Gasteiger partial charge in [-0.25, -0.2) is 9.18 Å². The number of nitrogen functional groups attached to an aromatic ring is 1. The first-order valence-corrected chi connectivity index (χ1v) is 5.46. The van der Waals surface area contributed by atoms with Crippen LogP contribution in [0.5, 0.6) is 0 Å². The molecule has 9 heteroatoms. The van der Waals surface area contributed by atoms with Gasteiger partial charge in [0.1, 0.15) is 18.0 Å². The number of nitrogens with zero attached hydrogens (tertiary/aromatic N) is 2. The molecule has 2 heterocycles. The number of aliphatic hydroxyl groups is 2. The molecule has 1 aromatic heterocycles. The van der Waals surface area contributed by atoms with Gasteiger partial charge in [-0.3, -0.25) is 4.57 Å². The molecule has 0 aromatic carbocycles. The fourth-order valence-corrected chi connectivity index (χ4v) is 1.87. The van der Waals surface area contributed by atoms with Crippen molar-refractivity contribution in [1.29, 1.82) is 0 Å². The maximum atomic E-state index is 13.8. The van der Waals surface area contributed by atoms with E-state index in [1.807, 2.05) is 0 Å². The maximum Gasteiger partial charge on any atom is 0.351 e. The van der Waals surface area contributed by atoms with Crippen LogP contribution in [0.25, 0.3) is 0 Å². The van der Waals surface area contributed by atoms with Crippen molar-refractivity contribution in [2.24, 2.45) is 0 Å². The fraction of sp³-hybridized carbons (Fsp3) is 0.556. The summed E-state index contributed by atoms with van der Waals surface area (Å²) in [6.07, 6.45) is -4.82. The van der Waals surface area contributed by atoms with E-state index in [0.717, 1.165) is 10.8 Å². The SMILES string of the molecule is Nc1nc(=O)n([C@H]2O[C@@H](CO)[C@H](O)[C@H]2F)cc1Cl. The van der Waals surface area contributed by atoms with Gasteiger partial charge in [-0.1, -0.05) is 11.6 Å².